The van der Waals surface area contributed by atoms with Gasteiger partial charge in [-0.1, -0.05) is 44.2 Å². The number of carbonyl (C=O) groups excluding carboxylic acids is 1. The van der Waals surface area contributed by atoms with Crippen LogP contribution in [0.15, 0.2) is 52.4 Å². The van der Waals surface area contributed by atoms with Crippen LogP contribution in [0.1, 0.15) is 37.5 Å². The molecule has 0 atom stereocenters. The molecule has 2 amide bonds. The molecule has 5 N–H and O–H groups in total. The molecular weight excluding hydrogens is 402 g/mol. The predicted octanol–water partition coefficient (Wildman–Crippen LogP) is 2.75. The summed E-state index contributed by atoms with van der Waals surface area (Å²) in [5, 5.41) is 5.24. The number of sulfonamides is 1. The van der Waals surface area contributed by atoms with Crippen molar-refractivity contribution in [2.75, 3.05) is 11.9 Å². The average Bonchev–Trinajstić information content (AvgIpc) is 2.73. The fourth-order valence-corrected chi connectivity index (χ4v) is 4.06. The summed E-state index contributed by atoms with van der Waals surface area (Å²) in [5.41, 5.74) is 8.53. The lowest BCUT2D eigenvalue weighted by Gasteiger charge is -2.17. The third kappa shape index (κ3) is 6.30. The van der Waals surface area contributed by atoms with Crippen LogP contribution in [0.25, 0.3) is 0 Å². The summed E-state index contributed by atoms with van der Waals surface area (Å²) in [6, 6.07) is 12.0. The first-order valence-corrected chi connectivity index (χ1v) is 11.4. The highest BCUT2D eigenvalue weighted by molar-refractivity contribution is 7.89. The lowest BCUT2D eigenvalue weighted by Crippen LogP contribution is -2.40. The maximum Gasteiger partial charge on any atom is 0.326 e. The third-order valence-electron chi connectivity index (χ3n) is 4.47. The predicted molar refractivity (Wildman–Crippen MR) is 120 cm³/mol. The largest absolute Gasteiger partial charge is 0.370 e. The second kappa shape index (κ2) is 10.7. The molecule has 2 aromatic rings. The molecule has 30 heavy (non-hydrogen) atoms. The molecule has 0 aliphatic heterocycles. The van der Waals surface area contributed by atoms with Crippen LogP contribution >= 0.6 is 0 Å². The van der Waals surface area contributed by atoms with E-state index in [0.717, 1.165) is 16.7 Å². The summed E-state index contributed by atoms with van der Waals surface area (Å²) in [6.07, 6.45) is 1.09. The fourth-order valence-electron chi connectivity index (χ4n) is 2.94. The van der Waals surface area contributed by atoms with Crippen molar-refractivity contribution in [3.05, 3.63) is 59.2 Å². The maximum absolute atomic E-state index is 12.8. The Morgan fingerprint density at radius 3 is 2.17 bits per heavy atom. The minimum Gasteiger partial charge on any atom is -0.370 e. The van der Waals surface area contributed by atoms with Gasteiger partial charge in [0.25, 0.3) is 0 Å². The summed E-state index contributed by atoms with van der Waals surface area (Å²) in [5.74, 6) is 0.0235. The van der Waals surface area contributed by atoms with Crippen LogP contribution in [-0.4, -0.2) is 27.0 Å². The molecule has 0 radical (unpaired) electrons. The quantitative estimate of drug-likeness (QED) is 0.379. The molecule has 0 fully saturated rings. The van der Waals surface area contributed by atoms with Gasteiger partial charge in [0.05, 0.1) is 4.90 Å². The van der Waals surface area contributed by atoms with E-state index < -0.39 is 16.1 Å². The molecule has 162 valence electrons. The van der Waals surface area contributed by atoms with Crippen LogP contribution in [0.2, 0.25) is 0 Å². The van der Waals surface area contributed by atoms with Gasteiger partial charge in [-0.05, 0) is 48.6 Å². The van der Waals surface area contributed by atoms with Gasteiger partial charge in [0.1, 0.15) is 0 Å². The molecule has 0 heterocycles. The normalized spacial score (nSPS) is 11.9. The highest BCUT2D eigenvalue weighted by atomic mass is 32.2. The summed E-state index contributed by atoms with van der Waals surface area (Å²) >= 11 is 0. The Hall–Kier alpha value is -2.91. The molecule has 9 heteroatoms. The number of urea groups is 1. The minimum absolute atomic E-state index is 0.0235. The number of aliphatic imine (C=N–C) groups is 1. The van der Waals surface area contributed by atoms with Crippen LogP contribution in [0.5, 0.6) is 0 Å². The van der Waals surface area contributed by atoms with Crippen LogP contribution in [0.3, 0.4) is 0 Å². The first-order valence-electron chi connectivity index (χ1n) is 9.88. The second-order valence-corrected chi connectivity index (χ2v) is 8.34. The Kier molecular flexibility index (Phi) is 8.37. The molecule has 0 aliphatic carbocycles. The zero-order valence-electron chi connectivity index (χ0n) is 17.5. The van der Waals surface area contributed by atoms with Crippen molar-refractivity contribution in [2.45, 2.75) is 45.1 Å². The molecule has 0 saturated carbocycles. The molecule has 8 nitrogen and oxygen atoms in total. The Labute approximate surface area is 178 Å². The zero-order chi connectivity index (χ0) is 22.1. The molecule has 2 aromatic carbocycles. The summed E-state index contributed by atoms with van der Waals surface area (Å²) < 4.78 is 28.3. The number of nitrogens with two attached hydrogens (primary N) is 1. The molecular formula is C21H29N5O3S. The molecule has 2 rings (SSSR count). The van der Waals surface area contributed by atoms with Crippen LogP contribution in [-0.2, 0) is 29.4 Å². The molecule has 0 unspecified atom stereocenters. The number of anilines is 1. The smallest absolute Gasteiger partial charge is 0.326 e. The maximum atomic E-state index is 12.8. The molecule has 0 spiro atoms. The standard InChI is InChI=1S/C21H29N5O3S/c1-4-16-12-18(30(28,29)24-14-15-10-8-7-9-11-15)13-17(5-2)19(16)25-21(27)26-20(22)23-6-3/h7-13,24H,4-6,14H2,1-3H3,(H4,22,23,25,26,27). The summed E-state index contributed by atoms with van der Waals surface area (Å²) in [4.78, 5) is 16.4. The second-order valence-electron chi connectivity index (χ2n) is 6.57. The van der Waals surface area contributed by atoms with E-state index >= 15 is 0 Å². The fraction of sp³-hybridized carbons (Fsp3) is 0.333. The number of benzene rings is 2. The van der Waals surface area contributed by atoms with E-state index in [0.29, 0.717) is 25.1 Å². The van der Waals surface area contributed by atoms with Gasteiger partial charge < -0.3 is 11.1 Å². The lowest BCUT2D eigenvalue weighted by atomic mass is 10.0. The van der Waals surface area contributed by atoms with Gasteiger partial charge >= 0.3 is 6.03 Å². The lowest BCUT2D eigenvalue weighted by molar-refractivity contribution is 0.256. The first kappa shape index (κ1) is 23.4. The highest BCUT2D eigenvalue weighted by Crippen LogP contribution is 2.27. The number of rotatable bonds is 8. The SMILES string of the molecule is CCN=C(N)NC(=O)Nc1c(CC)cc(S(=O)(=O)NCc2ccccc2)cc1CC. The number of carbonyl (C=O) groups is 1. The number of nitrogens with one attached hydrogen (secondary N) is 3. The number of guanidine groups is 1. The average molecular weight is 432 g/mol. The van der Waals surface area contributed by atoms with E-state index in [1.165, 1.54) is 0 Å². The Morgan fingerprint density at radius 2 is 1.63 bits per heavy atom. The van der Waals surface area contributed by atoms with Crippen molar-refractivity contribution in [3.63, 3.8) is 0 Å². The van der Waals surface area contributed by atoms with E-state index in [-0.39, 0.29) is 17.4 Å². The highest BCUT2D eigenvalue weighted by Gasteiger charge is 2.19. The van der Waals surface area contributed by atoms with E-state index in [2.05, 4.69) is 20.3 Å². The summed E-state index contributed by atoms with van der Waals surface area (Å²) in [7, 11) is -3.71. The Morgan fingerprint density at radius 1 is 1.03 bits per heavy atom. The van der Waals surface area contributed by atoms with Gasteiger partial charge in [-0.3, -0.25) is 10.3 Å². The van der Waals surface area contributed by atoms with E-state index in [1.807, 2.05) is 51.1 Å². The minimum atomic E-state index is -3.71. The molecule has 0 saturated heterocycles. The molecule has 0 bridgehead atoms. The zero-order valence-corrected chi connectivity index (χ0v) is 18.3. The Bertz CT molecular complexity index is 980. The molecule has 0 aliphatic rings. The van der Waals surface area contributed by atoms with Crippen molar-refractivity contribution < 1.29 is 13.2 Å². The van der Waals surface area contributed by atoms with Gasteiger partial charge in [-0.25, -0.2) is 17.9 Å². The van der Waals surface area contributed by atoms with Crippen molar-refractivity contribution in [3.8, 4) is 0 Å². The Balaban J connectivity index is 2.28. The molecule has 0 aromatic heterocycles. The van der Waals surface area contributed by atoms with E-state index in [1.54, 1.807) is 12.1 Å². The first-order chi connectivity index (χ1) is 14.3. The number of amides is 2. The van der Waals surface area contributed by atoms with Crippen molar-refractivity contribution >= 4 is 27.7 Å². The van der Waals surface area contributed by atoms with Crippen LogP contribution in [0.4, 0.5) is 10.5 Å². The van der Waals surface area contributed by atoms with Crippen molar-refractivity contribution in [2.24, 2.45) is 10.7 Å². The van der Waals surface area contributed by atoms with E-state index in [9.17, 15) is 13.2 Å². The third-order valence-corrected chi connectivity index (χ3v) is 5.85. The number of aryl methyl sites for hydroxylation is 2. The summed E-state index contributed by atoms with van der Waals surface area (Å²) in [6.45, 7) is 6.26. The monoisotopic (exact) mass is 431 g/mol. The van der Waals surface area contributed by atoms with Crippen LogP contribution in [0, 0.1) is 0 Å². The van der Waals surface area contributed by atoms with Gasteiger partial charge in [-0.15, -0.1) is 0 Å². The van der Waals surface area contributed by atoms with Crippen molar-refractivity contribution in [1.29, 1.82) is 0 Å². The van der Waals surface area contributed by atoms with Crippen LogP contribution < -0.4 is 21.1 Å². The topological polar surface area (TPSA) is 126 Å². The van der Waals surface area contributed by atoms with Crippen molar-refractivity contribution in [1.82, 2.24) is 10.0 Å². The number of hydrogen-bond donors (Lipinski definition) is 4. The number of nitrogens with zero attached hydrogens (tertiary/aromatic N) is 1. The van der Waals surface area contributed by atoms with E-state index in [4.69, 9.17) is 5.73 Å². The van der Waals surface area contributed by atoms with Gasteiger partial charge in [0.15, 0.2) is 5.96 Å². The van der Waals surface area contributed by atoms with Gasteiger partial charge in [0.2, 0.25) is 10.0 Å². The number of hydrogen-bond acceptors (Lipinski definition) is 4. The van der Waals surface area contributed by atoms with Gasteiger partial charge in [-0.2, -0.15) is 0 Å². The van der Waals surface area contributed by atoms with Gasteiger partial charge in [0, 0.05) is 18.8 Å².